The molecule has 4 aromatic rings. The van der Waals surface area contributed by atoms with Crippen LogP contribution in [0, 0.1) is 13.8 Å². The maximum absolute atomic E-state index is 12.8. The number of anilines is 1. The zero-order valence-corrected chi connectivity index (χ0v) is 18.8. The van der Waals surface area contributed by atoms with E-state index in [2.05, 4.69) is 10.4 Å². The summed E-state index contributed by atoms with van der Waals surface area (Å²) in [6.07, 6.45) is 1.35. The molecule has 2 aromatic heterocycles. The molecule has 0 saturated carbocycles. The Hall–Kier alpha value is -4.20. The number of amides is 1. The van der Waals surface area contributed by atoms with Crippen LogP contribution in [0.15, 0.2) is 57.9 Å². The van der Waals surface area contributed by atoms with Gasteiger partial charge in [0.1, 0.15) is 22.7 Å². The van der Waals surface area contributed by atoms with E-state index < -0.39 is 11.9 Å². The Labute approximate surface area is 189 Å². The van der Waals surface area contributed by atoms with E-state index in [1.54, 1.807) is 38.2 Å². The molecular weight excluding hydrogens is 422 g/mol. The summed E-state index contributed by atoms with van der Waals surface area (Å²) in [6, 6.07) is 11.9. The number of benzene rings is 2. The zero-order chi connectivity index (χ0) is 23.7. The molecule has 8 heteroatoms. The van der Waals surface area contributed by atoms with E-state index in [0.717, 1.165) is 11.1 Å². The molecule has 0 radical (unpaired) electrons. The Morgan fingerprint density at radius 3 is 2.55 bits per heavy atom. The van der Waals surface area contributed by atoms with Crippen LogP contribution in [0.4, 0.5) is 5.82 Å². The van der Waals surface area contributed by atoms with Gasteiger partial charge in [-0.3, -0.25) is 14.3 Å². The number of aromatic nitrogens is 2. The van der Waals surface area contributed by atoms with Crippen LogP contribution < -0.4 is 10.7 Å². The van der Waals surface area contributed by atoms with Crippen molar-refractivity contribution in [1.82, 2.24) is 9.78 Å². The minimum Gasteiger partial charge on any atom is -0.462 e. The number of hydrogen-bond donors (Lipinski definition) is 1. The van der Waals surface area contributed by atoms with Gasteiger partial charge in [0.25, 0.3) is 5.91 Å². The second-order valence-electron chi connectivity index (χ2n) is 7.72. The van der Waals surface area contributed by atoms with Gasteiger partial charge in [-0.1, -0.05) is 18.2 Å². The molecule has 0 bridgehead atoms. The topological polar surface area (TPSA) is 103 Å². The fraction of sp³-hybridized carbons (Fsp3) is 0.200. The average molecular weight is 445 g/mol. The van der Waals surface area contributed by atoms with Crippen molar-refractivity contribution in [3.8, 4) is 11.3 Å². The smallest absolute Gasteiger partial charge is 0.343 e. The summed E-state index contributed by atoms with van der Waals surface area (Å²) in [5.74, 6) is -0.313. The first kappa shape index (κ1) is 22.0. The summed E-state index contributed by atoms with van der Waals surface area (Å²) < 4.78 is 12.4. The van der Waals surface area contributed by atoms with Gasteiger partial charge in [-0.2, -0.15) is 5.10 Å². The summed E-state index contributed by atoms with van der Waals surface area (Å²) in [7, 11) is 1.62. The average Bonchev–Trinajstić information content (AvgIpc) is 3.14. The molecule has 0 atom stereocenters. The molecule has 168 valence electrons. The van der Waals surface area contributed by atoms with Crippen molar-refractivity contribution in [2.45, 2.75) is 20.8 Å². The highest BCUT2D eigenvalue weighted by Gasteiger charge is 2.20. The van der Waals surface area contributed by atoms with Gasteiger partial charge in [0.2, 0.25) is 0 Å². The van der Waals surface area contributed by atoms with E-state index in [4.69, 9.17) is 9.15 Å². The largest absolute Gasteiger partial charge is 0.462 e. The van der Waals surface area contributed by atoms with Crippen molar-refractivity contribution >= 4 is 28.7 Å². The predicted molar refractivity (Wildman–Crippen MR) is 125 cm³/mol. The van der Waals surface area contributed by atoms with Crippen molar-refractivity contribution in [2.75, 3.05) is 11.9 Å². The van der Waals surface area contributed by atoms with Crippen LogP contribution in [-0.4, -0.2) is 28.3 Å². The third kappa shape index (κ3) is 4.27. The normalized spacial score (nSPS) is 10.9. The van der Waals surface area contributed by atoms with E-state index in [1.807, 2.05) is 26.0 Å². The lowest BCUT2D eigenvalue weighted by Gasteiger charge is -2.09. The minimum absolute atomic E-state index is 0.123. The van der Waals surface area contributed by atoms with Crippen LogP contribution >= 0.6 is 0 Å². The van der Waals surface area contributed by atoms with Gasteiger partial charge < -0.3 is 14.5 Å². The van der Waals surface area contributed by atoms with Gasteiger partial charge in [0.15, 0.2) is 5.43 Å². The first-order valence-electron chi connectivity index (χ1n) is 10.4. The van der Waals surface area contributed by atoms with Gasteiger partial charge in [-0.05, 0) is 50.1 Å². The number of carbonyl (C=O) groups excluding carboxylic acids is 2. The Morgan fingerprint density at radius 1 is 1.12 bits per heavy atom. The summed E-state index contributed by atoms with van der Waals surface area (Å²) in [5.41, 5.74) is 3.51. The third-order valence-electron chi connectivity index (χ3n) is 5.26. The van der Waals surface area contributed by atoms with Crippen molar-refractivity contribution in [1.29, 1.82) is 0 Å². The molecular formula is C25H23N3O5. The number of fused-ring (bicyclic) bond motifs is 1. The van der Waals surface area contributed by atoms with E-state index in [-0.39, 0.29) is 23.4 Å². The maximum atomic E-state index is 12.8. The summed E-state index contributed by atoms with van der Waals surface area (Å²) in [4.78, 5) is 37.5. The number of esters is 1. The van der Waals surface area contributed by atoms with Gasteiger partial charge >= 0.3 is 5.97 Å². The fourth-order valence-electron chi connectivity index (χ4n) is 3.66. The molecule has 2 aromatic carbocycles. The second-order valence-corrected chi connectivity index (χ2v) is 7.72. The molecule has 0 saturated heterocycles. The molecule has 0 spiro atoms. The second kappa shape index (κ2) is 8.74. The molecule has 0 aliphatic carbocycles. The quantitative estimate of drug-likeness (QED) is 0.461. The molecule has 2 heterocycles. The van der Waals surface area contributed by atoms with Crippen molar-refractivity contribution in [3.05, 3.63) is 81.1 Å². The van der Waals surface area contributed by atoms with E-state index in [9.17, 15) is 14.4 Å². The monoisotopic (exact) mass is 445 g/mol. The Balaban J connectivity index is 1.61. The Kier molecular flexibility index (Phi) is 5.83. The minimum atomic E-state index is -0.562. The number of ether oxygens (including phenoxy) is 1. The van der Waals surface area contributed by atoms with E-state index in [0.29, 0.717) is 27.9 Å². The lowest BCUT2D eigenvalue weighted by molar-refractivity contribution is 0.0527. The maximum Gasteiger partial charge on any atom is 0.343 e. The highest BCUT2D eigenvalue weighted by atomic mass is 16.5. The SMILES string of the molecule is CCOC(=O)c1cnn(C)c1NC(=O)c1ccc(-c2cc(=O)c3cc(C)cc(C)c3o2)cc1. The molecule has 1 amide bonds. The molecule has 8 nitrogen and oxygen atoms in total. The van der Waals surface area contributed by atoms with Crippen LogP contribution in [0.25, 0.3) is 22.3 Å². The lowest BCUT2D eigenvalue weighted by atomic mass is 10.1. The number of hydrogen-bond acceptors (Lipinski definition) is 6. The highest BCUT2D eigenvalue weighted by Crippen LogP contribution is 2.26. The number of rotatable bonds is 5. The molecule has 1 N–H and O–H groups in total. The van der Waals surface area contributed by atoms with Crippen molar-refractivity contribution in [2.24, 2.45) is 7.05 Å². The van der Waals surface area contributed by atoms with E-state index >= 15 is 0 Å². The summed E-state index contributed by atoms with van der Waals surface area (Å²) in [6.45, 7) is 5.75. The first-order chi connectivity index (χ1) is 15.8. The highest BCUT2D eigenvalue weighted by molar-refractivity contribution is 6.07. The predicted octanol–water partition coefficient (Wildman–Crippen LogP) is 4.24. The Bertz CT molecular complexity index is 1430. The molecule has 4 rings (SSSR count). The van der Waals surface area contributed by atoms with Gasteiger partial charge in [0.05, 0.1) is 18.2 Å². The molecule has 0 aliphatic heterocycles. The molecule has 0 aliphatic rings. The summed E-state index contributed by atoms with van der Waals surface area (Å²) in [5, 5.41) is 7.27. The van der Waals surface area contributed by atoms with Gasteiger partial charge in [-0.25, -0.2) is 4.79 Å². The number of nitrogens with zero attached hydrogens (tertiary/aromatic N) is 2. The zero-order valence-electron chi connectivity index (χ0n) is 18.8. The first-order valence-corrected chi connectivity index (χ1v) is 10.4. The standard InChI is InChI=1S/C25H23N3O5/c1-5-32-25(31)19-13-26-28(4)23(19)27-24(30)17-8-6-16(7-9-17)21-12-20(29)18-11-14(2)10-15(3)22(18)33-21/h6-13H,5H2,1-4H3,(H,27,30). The van der Waals surface area contributed by atoms with Crippen LogP contribution in [-0.2, 0) is 11.8 Å². The van der Waals surface area contributed by atoms with Crippen LogP contribution in [0.2, 0.25) is 0 Å². The fourth-order valence-corrected chi connectivity index (χ4v) is 3.66. The molecule has 0 unspecified atom stereocenters. The summed E-state index contributed by atoms with van der Waals surface area (Å²) >= 11 is 0. The number of aryl methyl sites for hydroxylation is 3. The van der Waals surface area contributed by atoms with Gasteiger partial charge in [-0.15, -0.1) is 0 Å². The van der Waals surface area contributed by atoms with Crippen LogP contribution in [0.3, 0.4) is 0 Å². The lowest BCUT2D eigenvalue weighted by Crippen LogP contribution is -2.17. The van der Waals surface area contributed by atoms with Crippen LogP contribution in [0.1, 0.15) is 38.8 Å². The van der Waals surface area contributed by atoms with E-state index in [1.165, 1.54) is 16.9 Å². The number of carbonyl (C=O) groups is 2. The third-order valence-corrected chi connectivity index (χ3v) is 5.26. The van der Waals surface area contributed by atoms with Gasteiger partial charge in [0, 0.05) is 24.2 Å². The molecule has 33 heavy (non-hydrogen) atoms. The van der Waals surface area contributed by atoms with Crippen molar-refractivity contribution < 1.29 is 18.7 Å². The molecule has 0 fully saturated rings. The Morgan fingerprint density at radius 2 is 1.85 bits per heavy atom. The van der Waals surface area contributed by atoms with Crippen molar-refractivity contribution in [3.63, 3.8) is 0 Å². The van der Waals surface area contributed by atoms with Crippen LogP contribution in [0.5, 0.6) is 0 Å². The number of nitrogens with one attached hydrogen (secondary N) is 1.